The lowest BCUT2D eigenvalue weighted by atomic mass is 9.84. The number of rotatable bonds is 8. The van der Waals surface area contributed by atoms with Gasteiger partial charge in [0, 0.05) is 25.8 Å². The van der Waals surface area contributed by atoms with Gasteiger partial charge in [0.25, 0.3) is 0 Å². The fourth-order valence-electron chi connectivity index (χ4n) is 3.72. The van der Waals surface area contributed by atoms with Gasteiger partial charge in [-0.1, -0.05) is 42.5 Å². The molecule has 1 fully saturated rings. The summed E-state index contributed by atoms with van der Waals surface area (Å²) in [6.07, 6.45) is 0.394. The van der Waals surface area contributed by atoms with Gasteiger partial charge in [0.2, 0.25) is 5.91 Å². The van der Waals surface area contributed by atoms with E-state index in [0.717, 1.165) is 11.1 Å². The first-order chi connectivity index (χ1) is 14.3. The first-order valence-electron chi connectivity index (χ1n) is 9.69. The Morgan fingerprint density at radius 2 is 1.87 bits per heavy atom. The van der Waals surface area contributed by atoms with Crippen LogP contribution >= 0.6 is 0 Å². The molecule has 2 aromatic rings. The lowest BCUT2D eigenvalue weighted by molar-refractivity contribution is -0.121. The Balaban J connectivity index is 1.76. The minimum atomic E-state index is -2.89. The van der Waals surface area contributed by atoms with Gasteiger partial charge in [-0.05, 0) is 30.2 Å². The van der Waals surface area contributed by atoms with Crippen molar-refractivity contribution in [2.75, 3.05) is 6.54 Å². The van der Waals surface area contributed by atoms with Crippen LogP contribution in [0.1, 0.15) is 43.4 Å². The van der Waals surface area contributed by atoms with Crippen molar-refractivity contribution in [2.24, 2.45) is 5.73 Å². The van der Waals surface area contributed by atoms with Crippen LogP contribution in [0.5, 0.6) is 5.75 Å². The Hall–Kier alpha value is -3.16. The van der Waals surface area contributed by atoms with Crippen molar-refractivity contribution in [3.63, 3.8) is 0 Å². The molecule has 0 aromatic heterocycles. The summed E-state index contributed by atoms with van der Waals surface area (Å²) in [6.45, 7) is -0.650. The molecular formula is C22H24F2N2O4. The molecule has 2 atom stereocenters. The minimum absolute atomic E-state index is 0.0525. The van der Waals surface area contributed by atoms with Crippen molar-refractivity contribution in [3.05, 3.63) is 65.7 Å². The predicted molar refractivity (Wildman–Crippen MR) is 106 cm³/mol. The van der Waals surface area contributed by atoms with Gasteiger partial charge in [0.1, 0.15) is 11.4 Å². The molecular weight excluding hydrogens is 394 g/mol. The Morgan fingerprint density at radius 1 is 1.20 bits per heavy atom. The van der Waals surface area contributed by atoms with Crippen LogP contribution in [0.15, 0.2) is 54.6 Å². The van der Waals surface area contributed by atoms with Crippen LogP contribution in [0.4, 0.5) is 13.6 Å². The number of primary amides is 1. The SMILES string of the molecule is C[C@@H](c1ccc(OC(F)F)cc1)N1CC[C@@](CCC(N)=O)(c2ccccc2)OC1=O. The number of nitrogens with two attached hydrogens (primary N) is 1. The number of halogens is 2. The molecule has 6 nitrogen and oxygen atoms in total. The second-order valence-corrected chi connectivity index (χ2v) is 7.26. The van der Waals surface area contributed by atoms with Gasteiger partial charge in [0.05, 0.1) is 6.04 Å². The van der Waals surface area contributed by atoms with Crippen LogP contribution in [0.2, 0.25) is 0 Å². The molecule has 0 aliphatic carbocycles. The van der Waals surface area contributed by atoms with Crippen LogP contribution in [0.3, 0.4) is 0 Å². The largest absolute Gasteiger partial charge is 0.438 e. The summed E-state index contributed by atoms with van der Waals surface area (Å²) in [7, 11) is 0. The van der Waals surface area contributed by atoms with Crippen molar-refractivity contribution in [3.8, 4) is 5.75 Å². The predicted octanol–water partition coefficient (Wildman–Crippen LogP) is 4.35. The molecule has 3 rings (SSSR count). The molecule has 8 heteroatoms. The number of hydrogen-bond donors (Lipinski definition) is 1. The smallest absolute Gasteiger partial charge is 0.411 e. The van der Waals surface area contributed by atoms with Gasteiger partial charge in [-0.2, -0.15) is 8.78 Å². The minimum Gasteiger partial charge on any atom is -0.438 e. The molecule has 0 radical (unpaired) electrons. The average Bonchev–Trinajstić information content (AvgIpc) is 2.72. The highest BCUT2D eigenvalue weighted by atomic mass is 19.3. The molecule has 1 saturated heterocycles. The monoisotopic (exact) mass is 418 g/mol. The number of amides is 2. The van der Waals surface area contributed by atoms with E-state index < -0.39 is 24.2 Å². The molecule has 30 heavy (non-hydrogen) atoms. The molecule has 2 amide bonds. The van der Waals surface area contributed by atoms with Crippen molar-refractivity contribution < 1.29 is 27.8 Å². The van der Waals surface area contributed by atoms with E-state index in [1.165, 1.54) is 12.1 Å². The molecule has 0 saturated carbocycles. The number of alkyl halides is 2. The zero-order valence-electron chi connectivity index (χ0n) is 16.6. The van der Waals surface area contributed by atoms with E-state index in [1.807, 2.05) is 37.3 Å². The summed E-state index contributed by atoms with van der Waals surface area (Å²) >= 11 is 0. The number of carbonyl (C=O) groups excluding carboxylic acids is 2. The Bertz CT molecular complexity index is 876. The van der Waals surface area contributed by atoms with Crippen molar-refractivity contribution in [1.82, 2.24) is 4.90 Å². The molecule has 2 N–H and O–H groups in total. The molecule has 1 aliphatic heterocycles. The highest BCUT2D eigenvalue weighted by Gasteiger charge is 2.43. The molecule has 0 bridgehead atoms. The zero-order valence-corrected chi connectivity index (χ0v) is 16.6. The molecule has 160 valence electrons. The Labute approximate surface area is 173 Å². The number of cyclic esters (lactones) is 1. The first-order valence-corrected chi connectivity index (χ1v) is 9.69. The highest BCUT2D eigenvalue weighted by molar-refractivity contribution is 5.74. The number of benzene rings is 2. The van der Waals surface area contributed by atoms with Crippen LogP contribution in [0, 0.1) is 0 Å². The summed E-state index contributed by atoms with van der Waals surface area (Å²) in [6, 6.07) is 15.1. The van der Waals surface area contributed by atoms with Crippen LogP contribution in [-0.4, -0.2) is 30.1 Å². The van der Waals surface area contributed by atoms with Gasteiger partial charge >= 0.3 is 12.7 Å². The molecule has 2 aromatic carbocycles. The standard InChI is InChI=1S/C22H24F2N2O4/c1-15(16-7-9-18(10-8-16)29-20(23)24)26-14-13-22(30-21(26)28,12-11-19(25)27)17-5-3-2-4-6-17/h2-10,15,20H,11-14H2,1H3,(H2,25,27)/t15-,22-/m0/s1. The van der Waals surface area contributed by atoms with Gasteiger partial charge in [0.15, 0.2) is 0 Å². The average molecular weight is 418 g/mol. The fraction of sp³-hybridized carbons (Fsp3) is 0.364. The van der Waals surface area contributed by atoms with Crippen molar-refractivity contribution in [2.45, 2.75) is 44.4 Å². The molecule has 0 unspecified atom stereocenters. The number of hydrogen-bond acceptors (Lipinski definition) is 4. The second-order valence-electron chi connectivity index (χ2n) is 7.26. The van der Waals surface area contributed by atoms with Crippen LogP contribution in [-0.2, 0) is 15.1 Å². The third kappa shape index (κ3) is 4.87. The molecule has 1 heterocycles. The van der Waals surface area contributed by atoms with E-state index in [1.54, 1.807) is 17.0 Å². The van der Waals surface area contributed by atoms with Crippen LogP contribution in [0.25, 0.3) is 0 Å². The summed E-state index contributed by atoms with van der Waals surface area (Å²) < 4.78 is 34.9. The molecule has 0 spiro atoms. The van der Waals surface area contributed by atoms with E-state index in [0.29, 0.717) is 19.4 Å². The third-order valence-electron chi connectivity index (χ3n) is 5.40. The van der Waals surface area contributed by atoms with E-state index in [4.69, 9.17) is 10.5 Å². The zero-order chi connectivity index (χ0) is 21.7. The summed E-state index contributed by atoms with van der Waals surface area (Å²) in [5, 5.41) is 0. The van der Waals surface area contributed by atoms with E-state index in [-0.39, 0.29) is 18.2 Å². The number of ether oxygens (including phenoxy) is 2. The topological polar surface area (TPSA) is 81.9 Å². The Kier molecular flexibility index (Phi) is 6.54. The third-order valence-corrected chi connectivity index (χ3v) is 5.40. The van der Waals surface area contributed by atoms with Gasteiger partial charge in [-0.3, -0.25) is 4.79 Å². The van der Waals surface area contributed by atoms with E-state index >= 15 is 0 Å². The van der Waals surface area contributed by atoms with Gasteiger partial charge in [-0.25, -0.2) is 4.79 Å². The van der Waals surface area contributed by atoms with Crippen molar-refractivity contribution in [1.29, 1.82) is 0 Å². The maximum Gasteiger partial charge on any atom is 0.411 e. The second kappa shape index (κ2) is 9.11. The first kappa shape index (κ1) is 21.5. The maximum atomic E-state index is 12.9. The lowest BCUT2D eigenvalue weighted by Crippen LogP contribution is -2.49. The van der Waals surface area contributed by atoms with Gasteiger partial charge in [-0.15, -0.1) is 0 Å². The lowest BCUT2D eigenvalue weighted by Gasteiger charge is -2.43. The number of nitrogens with zero attached hydrogens (tertiary/aromatic N) is 1. The summed E-state index contributed by atoms with van der Waals surface area (Å²) in [5.41, 5.74) is 5.99. The highest BCUT2D eigenvalue weighted by Crippen LogP contribution is 2.40. The van der Waals surface area contributed by atoms with Crippen molar-refractivity contribution >= 4 is 12.0 Å². The molecule has 1 aliphatic rings. The summed E-state index contributed by atoms with van der Waals surface area (Å²) in [5.74, 6) is -0.403. The summed E-state index contributed by atoms with van der Waals surface area (Å²) in [4.78, 5) is 25.9. The normalized spacial score (nSPS) is 20.0. The quantitative estimate of drug-likeness (QED) is 0.691. The Morgan fingerprint density at radius 3 is 2.43 bits per heavy atom. The van der Waals surface area contributed by atoms with E-state index in [9.17, 15) is 18.4 Å². The van der Waals surface area contributed by atoms with Gasteiger partial charge < -0.3 is 20.1 Å². The van der Waals surface area contributed by atoms with Crippen LogP contribution < -0.4 is 10.5 Å². The fourth-order valence-corrected chi connectivity index (χ4v) is 3.72. The van der Waals surface area contributed by atoms with E-state index in [2.05, 4.69) is 4.74 Å². The maximum absolute atomic E-state index is 12.9. The number of carbonyl (C=O) groups is 2.